The van der Waals surface area contributed by atoms with Gasteiger partial charge in [-0.3, -0.25) is 9.89 Å². The molecular formula is C14H15ClFN3O. The number of hydrogen-bond donors (Lipinski definition) is 2. The predicted octanol–water partition coefficient (Wildman–Crippen LogP) is 3.65. The number of nitrogens with zero attached hydrogens (tertiary/aromatic N) is 1. The third-order valence-electron chi connectivity index (χ3n) is 2.67. The lowest BCUT2D eigenvalue weighted by molar-refractivity contribution is 0.102. The number of rotatable bonds is 4. The molecule has 2 aromatic rings. The van der Waals surface area contributed by atoms with Crippen LogP contribution in [0, 0.1) is 11.7 Å². The number of anilines is 1. The number of aromatic amines is 1. The SMILES string of the molecule is CC(C)Cc1cc(C(=O)Nc2ccc(Cl)cc2F)n[nH]1. The Balaban J connectivity index is 2.09. The van der Waals surface area contributed by atoms with Crippen molar-refractivity contribution in [2.45, 2.75) is 20.3 Å². The number of carbonyl (C=O) groups is 1. The Bertz CT molecular complexity index is 625. The predicted molar refractivity (Wildman–Crippen MR) is 76.5 cm³/mol. The average molecular weight is 296 g/mol. The van der Waals surface area contributed by atoms with E-state index in [1.807, 2.05) is 0 Å². The van der Waals surface area contributed by atoms with E-state index in [2.05, 4.69) is 29.4 Å². The zero-order chi connectivity index (χ0) is 14.7. The van der Waals surface area contributed by atoms with Crippen molar-refractivity contribution in [2.75, 3.05) is 5.32 Å². The number of aromatic nitrogens is 2. The molecule has 20 heavy (non-hydrogen) atoms. The Morgan fingerprint density at radius 1 is 1.45 bits per heavy atom. The van der Waals surface area contributed by atoms with Gasteiger partial charge in [-0.15, -0.1) is 0 Å². The van der Waals surface area contributed by atoms with Crippen molar-refractivity contribution in [1.29, 1.82) is 0 Å². The smallest absolute Gasteiger partial charge is 0.276 e. The first kappa shape index (κ1) is 14.5. The van der Waals surface area contributed by atoms with Gasteiger partial charge in [-0.2, -0.15) is 5.10 Å². The second-order valence-electron chi connectivity index (χ2n) is 4.95. The van der Waals surface area contributed by atoms with Crippen LogP contribution in [0.2, 0.25) is 5.02 Å². The molecule has 0 saturated carbocycles. The van der Waals surface area contributed by atoms with E-state index in [-0.39, 0.29) is 16.4 Å². The van der Waals surface area contributed by atoms with Crippen molar-refractivity contribution in [2.24, 2.45) is 5.92 Å². The molecule has 1 amide bonds. The highest BCUT2D eigenvalue weighted by Gasteiger charge is 2.13. The fraction of sp³-hybridized carbons (Fsp3) is 0.286. The van der Waals surface area contributed by atoms with E-state index in [9.17, 15) is 9.18 Å². The van der Waals surface area contributed by atoms with Crippen LogP contribution in [0.4, 0.5) is 10.1 Å². The molecule has 1 heterocycles. The quantitative estimate of drug-likeness (QED) is 0.904. The molecule has 2 rings (SSSR count). The minimum Gasteiger partial charge on any atom is -0.318 e. The molecule has 1 aromatic carbocycles. The summed E-state index contributed by atoms with van der Waals surface area (Å²) in [6, 6.07) is 5.74. The van der Waals surface area contributed by atoms with E-state index >= 15 is 0 Å². The summed E-state index contributed by atoms with van der Waals surface area (Å²) in [6.07, 6.45) is 0.801. The lowest BCUT2D eigenvalue weighted by atomic mass is 10.1. The number of H-pyrrole nitrogens is 1. The van der Waals surface area contributed by atoms with Crippen molar-refractivity contribution in [3.05, 3.63) is 46.5 Å². The van der Waals surface area contributed by atoms with E-state index in [0.717, 1.165) is 18.2 Å². The average Bonchev–Trinajstić information content (AvgIpc) is 2.80. The summed E-state index contributed by atoms with van der Waals surface area (Å²) in [5.74, 6) is -0.582. The summed E-state index contributed by atoms with van der Waals surface area (Å²) in [5, 5.41) is 9.47. The summed E-state index contributed by atoms with van der Waals surface area (Å²) >= 11 is 5.65. The minimum absolute atomic E-state index is 0.0767. The minimum atomic E-state index is -0.580. The Morgan fingerprint density at radius 3 is 2.85 bits per heavy atom. The van der Waals surface area contributed by atoms with E-state index in [1.165, 1.54) is 12.1 Å². The van der Waals surface area contributed by atoms with E-state index in [0.29, 0.717) is 5.92 Å². The molecule has 106 valence electrons. The van der Waals surface area contributed by atoms with Crippen LogP contribution in [-0.4, -0.2) is 16.1 Å². The lowest BCUT2D eigenvalue weighted by Crippen LogP contribution is -2.13. The molecule has 0 fully saturated rings. The van der Waals surface area contributed by atoms with Gasteiger partial charge in [0, 0.05) is 10.7 Å². The van der Waals surface area contributed by atoms with Gasteiger partial charge < -0.3 is 5.32 Å². The summed E-state index contributed by atoms with van der Waals surface area (Å²) in [5.41, 5.74) is 1.18. The number of nitrogens with one attached hydrogen (secondary N) is 2. The molecular weight excluding hydrogens is 281 g/mol. The van der Waals surface area contributed by atoms with Crippen molar-refractivity contribution in [3.8, 4) is 0 Å². The van der Waals surface area contributed by atoms with Crippen molar-refractivity contribution in [3.63, 3.8) is 0 Å². The van der Waals surface area contributed by atoms with Gasteiger partial charge in [-0.25, -0.2) is 4.39 Å². The van der Waals surface area contributed by atoms with Gasteiger partial charge in [0.05, 0.1) is 5.69 Å². The maximum Gasteiger partial charge on any atom is 0.276 e. The highest BCUT2D eigenvalue weighted by Crippen LogP contribution is 2.19. The molecule has 2 N–H and O–H groups in total. The molecule has 0 aliphatic carbocycles. The molecule has 4 nitrogen and oxygen atoms in total. The molecule has 1 aromatic heterocycles. The van der Waals surface area contributed by atoms with Gasteiger partial charge >= 0.3 is 0 Å². The molecule has 0 atom stereocenters. The van der Waals surface area contributed by atoms with Crippen LogP contribution in [0.25, 0.3) is 0 Å². The second kappa shape index (κ2) is 6.05. The Labute approximate surface area is 121 Å². The topological polar surface area (TPSA) is 57.8 Å². The lowest BCUT2D eigenvalue weighted by Gasteiger charge is -2.04. The highest BCUT2D eigenvalue weighted by atomic mass is 35.5. The monoisotopic (exact) mass is 295 g/mol. The van der Waals surface area contributed by atoms with Gasteiger partial charge in [0.1, 0.15) is 5.82 Å². The standard InChI is InChI=1S/C14H15ClFN3O/c1-8(2)5-10-7-13(19-18-10)14(20)17-12-4-3-9(15)6-11(12)16/h3-4,6-8H,5H2,1-2H3,(H,17,20)(H,18,19). The number of halogens is 2. The molecule has 0 radical (unpaired) electrons. The number of benzene rings is 1. The molecule has 6 heteroatoms. The van der Waals surface area contributed by atoms with Crippen LogP contribution >= 0.6 is 11.6 Å². The van der Waals surface area contributed by atoms with Gasteiger partial charge in [0.2, 0.25) is 0 Å². The molecule has 0 unspecified atom stereocenters. The van der Waals surface area contributed by atoms with Crippen LogP contribution < -0.4 is 5.32 Å². The molecule has 0 saturated heterocycles. The van der Waals surface area contributed by atoms with E-state index in [4.69, 9.17) is 11.6 Å². The third kappa shape index (κ3) is 3.57. The number of amides is 1. The Kier molecular flexibility index (Phi) is 4.39. The number of hydrogen-bond acceptors (Lipinski definition) is 2. The van der Waals surface area contributed by atoms with E-state index < -0.39 is 11.7 Å². The van der Waals surface area contributed by atoms with Crippen LogP contribution in [-0.2, 0) is 6.42 Å². The Morgan fingerprint density at radius 2 is 2.20 bits per heavy atom. The summed E-state index contributed by atoms with van der Waals surface area (Å²) < 4.78 is 13.6. The normalized spacial score (nSPS) is 10.8. The van der Waals surface area contributed by atoms with Crippen LogP contribution in [0.1, 0.15) is 30.0 Å². The first-order valence-corrected chi connectivity index (χ1v) is 6.64. The molecule has 0 aliphatic rings. The first-order chi connectivity index (χ1) is 9.45. The van der Waals surface area contributed by atoms with Gasteiger partial charge in [-0.1, -0.05) is 25.4 Å². The number of carbonyl (C=O) groups excluding carboxylic acids is 1. The summed E-state index contributed by atoms with van der Waals surface area (Å²) in [4.78, 5) is 12.0. The maximum absolute atomic E-state index is 13.6. The van der Waals surface area contributed by atoms with Crippen LogP contribution in [0.15, 0.2) is 24.3 Å². The van der Waals surface area contributed by atoms with Gasteiger partial charge in [0.25, 0.3) is 5.91 Å². The van der Waals surface area contributed by atoms with E-state index in [1.54, 1.807) is 6.07 Å². The largest absolute Gasteiger partial charge is 0.318 e. The van der Waals surface area contributed by atoms with Crippen LogP contribution in [0.5, 0.6) is 0 Å². The van der Waals surface area contributed by atoms with Crippen molar-refractivity contribution in [1.82, 2.24) is 10.2 Å². The molecule has 0 spiro atoms. The zero-order valence-electron chi connectivity index (χ0n) is 11.2. The second-order valence-corrected chi connectivity index (χ2v) is 5.39. The van der Waals surface area contributed by atoms with Crippen LogP contribution in [0.3, 0.4) is 0 Å². The fourth-order valence-electron chi connectivity index (χ4n) is 1.80. The maximum atomic E-state index is 13.6. The summed E-state index contributed by atoms with van der Waals surface area (Å²) in [6.45, 7) is 4.15. The fourth-order valence-corrected chi connectivity index (χ4v) is 1.96. The first-order valence-electron chi connectivity index (χ1n) is 6.26. The van der Waals surface area contributed by atoms with Gasteiger partial charge in [0.15, 0.2) is 5.69 Å². The highest BCUT2D eigenvalue weighted by molar-refractivity contribution is 6.30. The molecule has 0 aliphatic heterocycles. The summed E-state index contributed by atoms with van der Waals surface area (Å²) in [7, 11) is 0. The van der Waals surface area contributed by atoms with Crippen molar-refractivity contribution >= 4 is 23.2 Å². The molecule has 0 bridgehead atoms. The van der Waals surface area contributed by atoms with Crippen molar-refractivity contribution < 1.29 is 9.18 Å². The zero-order valence-corrected chi connectivity index (χ0v) is 12.0. The third-order valence-corrected chi connectivity index (χ3v) is 2.91. The Hall–Kier alpha value is -1.88. The van der Waals surface area contributed by atoms with Gasteiger partial charge in [-0.05, 0) is 36.6 Å².